The number of Topliss-reactive ketones (excluding diaryl/α,β-unsaturated/α-hetero) is 1. The lowest BCUT2D eigenvalue weighted by atomic mass is 10.1. The van der Waals surface area contributed by atoms with Crippen molar-refractivity contribution in [1.82, 2.24) is 0 Å². The topological polar surface area (TPSA) is 35.5 Å². The van der Waals surface area contributed by atoms with Gasteiger partial charge in [0.25, 0.3) is 0 Å². The Morgan fingerprint density at radius 2 is 2.00 bits per heavy atom. The van der Waals surface area contributed by atoms with Crippen molar-refractivity contribution in [2.75, 3.05) is 13.2 Å². The second kappa shape index (κ2) is 3.64. The van der Waals surface area contributed by atoms with E-state index in [1.54, 1.807) is 12.1 Å². The summed E-state index contributed by atoms with van der Waals surface area (Å²) >= 11 is 6.12. The SMILES string of the molecule is CC(=O)c1cc(Cl)c2c(c1)OCC1(CC1)CO2. The van der Waals surface area contributed by atoms with E-state index in [2.05, 4.69) is 0 Å². The van der Waals surface area contributed by atoms with Crippen molar-refractivity contribution in [1.29, 1.82) is 0 Å². The fraction of sp³-hybridized carbons (Fsp3) is 0.462. The van der Waals surface area contributed by atoms with Gasteiger partial charge < -0.3 is 9.47 Å². The molecule has 0 aromatic heterocycles. The summed E-state index contributed by atoms with van der Waals surface area (Å²) in [4.78, 5) is 11.4. The van der Waals surface area contributed by atoms with Gasteiger partial charge in [-0.05, 0) is 31.9 Å². The molecule has 0 N–H and O–H groups in total. The summed E-state index contributed by atoms with van der Waals surface area (Å²) in [6, 6.07) is 3.35. The lowest BCUT2D eigenvalue weighted by Crippen LogP contribution is -2.17. The van der Waals surface area contributed by atoms with E-state index in [1.165, 1.54) is 6.92 Å². The highest BCUT2D eigenvalue weighted by atomic mass is 35.5. The standard InChI is InChI=1S/C13H13ClO3/c1-8(15)9-4-10(14)12-11(5-9)16-6-13(2-3-13)7-17-12/h4-5H,2-3,6-7H2,1H3. The van der Waals surface area contributed by atoms with Crippen LogP contribution in [0.25, 0.3) is 0 Å². The van der Waals surface area contributed by atoms with E-state index in [0.29, 0.717) is 35.3 Å². The first-order valence-corrected chi connectivity index (χ1v) is 6.08. The van der Waals surface area contributed by atoms with Crippen LogP contribution >= 0.6 is 11.6 Å². The molecule has 0 saturated heterocycles. The highest BCUT2D eigenvalue weighted by Gasteiger charge is 2.46. The van der Waals surface area contributed by atoms with Gasteiger partial charge in [0.1, 0.15) is 0 Å². The number of benzene rings is 1. The Morgan fingerprint density at radius 3 is 2.65 bits per heavy atom. The molecule has 4 heteroatoms. The van der Waals surface area contributed by atoms with Crippen molar-refractivity contribution in [2.24, 2.45) is 5.41 Å². The number of hydrogen-bond acceptors (Lipinski definition) is 3. The molecular weight excluding hydrogens is 240 g/mol. The van der Waals surface area contributed by atoms with Crippen LogP contribution in [0.4, 0.5) is 0 Å². The predicted molar refractivity (Wildman–Crippen MR) is 64.1 cm³/mol. The number of ketones is 1. The average Bonchev–Trinajstić information content (AvgIpc) is 3.07. The molecule has 0 atom stereocenters. The first-order chi connectivity index (χ1) is 8.10. The molecule has 0 radical (unpaired) electrons. The molecule has 0 amide bonds. The molecule has 0 unspecified atom stereocenters. The molecule has 1 aliphatic heterocycles. The Bertz CT molecular complexity index is 492. The minimum atomic E-state index is -0.0244. The molecule has 3 nitrogen and oxygen atoms in total. The summed E-state index contributed by atoms with van der Waals surface area (Å²) in [5.74, 6) is 1.13. The second-order valence-electron chi connectivity index (χ2n) is 4.92. The molecule has 90 valence electrons. The Balaban J connectivity index is 2.00. The Morgan fingerprint density at radius 1 is 1.29 bits per heavy atom. The number of carbonyl (C=O) groups is 1. The molecule has 3 rings (SSSR count). The number of ether oxygens (including phenoxy) is 2. The smallest absolute Gasteiger partial charge is 0.179 e. The summed E-state index contributed by atoms with van der Waals surface area (Å²) in [5.41, 5.74) is 0.739. The molecule has 1 saturated carbocycles. The van der Waals surface area contributed by atoms with Gasteiger partial charge in [0, 0.05) is 11.0 Å². The fourth-order valence-electron chi connectivity index (χ4n) is 1.98. The van der Waals surface area contributed by atoms with E-state index in [1.807, 2.05) is 0 Å². The van der Waals surface area contributed by atoms with Crippen LogP contribution in [0.1, 0.15) is 30.1 Å². The maximum atomic E-state index is 11.4. The van der Waals surface area contributed by atoms with Crippen molar-refractivity contribution < 1.29 is 14.3 Å². The maximum absolute atomic E-state index is 11.4. The maximum Gasteiger partial charge on any atom is 0.179 e. The normalized spacial score (nSPS) is 19.9. The molecule has 1 heterocycles. The predicted octanol–water partition coefficient (Wildman–Crippen LogP) is 3.09. The molecule has 1 aliphatic carbocycles. The van der Waals surface area contributed by atoms with Gasteiger partial charge >= 0.3 is 0 Å². The summed E-state index contributed by atoms with van der Waals surface area (Å²) < 4.78 is 11.5. The minimum Gasteiger partial charge on any atom is -0.489 e. The molecule has 2 aliphatic rings. The van der Waals surface area contributed by atoms with Gasteiger partial charge in [0.2, 0.25) is 0 Å². The molecule has 1 spiro atoms. The highest BCUT2D eigenvalue weighted by Crippen LogP contribution is 2.50. The third kappa shape index (κ3) is 1.89. The lowest BCUT2D eigenvalue weighted by Gasteiger charge is -2.10. The number of carbonyl (C=O) groups excluding carboxylic acids is 1. The van der Waals surface area contributed by atoms with Crippen LogP contribution in [0.15, 0.2) is 12.1 Å². The van der Waals surface area contributed by atoms with E-state index in [9.17, 15) is 4.79 Å². The number of hydrogen-bond donors (Lipinski definition) is 0. The van der Waals surface area contributed by atoms with Gasteiger partial charge in [-0.2, -0.15) is 0 Å². The van der Waals surface area contributed by atoms with Gasteiger partial charge in [-0.3, -0.25) is 4.79 Å². The van der Waals surface area contributed by atoms with Crippen molar-refractivity contribution in [3.8, 4) is 11.5 Å². The molecule has 1 fully saturated rings. The summed E-state index contributed by atoms with van der Waals surface area (Å²) in [6.07, 6.45) is 2.27. The summed E-state index contributed by atoms with van der Waals surface area (Å²) in [6.45, 7) is 2.81. The molecule has 17 heavy (non-hydrogen) atoms. The van der Waals surface area contributed by atoms with Gasteiger partial charge in [-0.25, -0.2) is 0 Å². The monoisotopic (exact) mass is 252 g/mol. The number of rotatable bonds is 1. The van der Waals surface area contributed by atoms with Gasteiger partial charge in [-0.15, -0.1) is 0 Å². The van der Waals surface area contributed by atoms with Crippen molar-refractivity contribution >= 4 is 17.4 Å². The minimum absolute atomic E-state index is 0.0244. The van der Waals surface area contributed by atoms with Crippen LogP contribution < -0.4 is 9.47 Å². The Kier molecular flexibility index (Phi) is 2.33. The van der Waals surface area contributed by atoms with Crippen molar-refractivity contribution in [2.45, 2.75) is 19.8 Å². The van der Waals surface area contributed by atoms with Crippen molar-refractivity contribution in [3.05, 3.63) is 22.7 Å². The fourth-order valence-corrected chi connectivity index (χ4v) is 2.25. The third-order valence-electron chi connectivity index (χ3n) is 3.43. The van der Waals surface area contributed by atoms with Crippen LogP contribution in [-0.4, -0.2) is 19.0 Å². The number of halogens is 1. The van der Waals surface area contributed by atoms with E-state index in [-0.39, 0.29) is 11.2 Å². The Labute approximate surface area is 105 Å². The second-order valence-corrected chi connectivity index (χ2v) is 5.33. The van der Waals surface area contributed by atoms with Crippen LogP contribution in [-0.2, 0) is 0 Å². The first-order valence-electron chi connectivity index (χ1n) is 5.70. The van der Waals surface area contributed by atoms with Gasteiger partial charge in [0.15, 0.2) is 17.3 Å². The van der Waals surface area contributed by atoms with E-state index in [4.69, 9.17) is 21.1 Å². The van der Waals surface area contributed by atoms with E-state index >= 15 is 0 Å². The van der Waals surface area contributed by atoms with Crippen molar-refractivity contribution in [3.63, 3.8) is 0 Å². The largest absolute Gasteiger partial charge is 0.489 e. The third-order valence-corrected chi connectivity index (χ3v) is 3.71. The van der Waals surface area contributed by atoms with Crippen LogP contribution in [0.2, 0.25) is 5.02 Å². The van der Waals surface area contributed by atoms with E-state index in [0.717, 1.165) is 12.8 Å². The van der Waals surface area contributed by atoms with Crippen LogP contribution in [0.5, 0.6) is 11.5 Å². The summed E-state index contributed by atoms with van der Waals surface area (Å²) in [5, 5.41) is 0.449. The zero-order chi connectivity index (χ0) is 12.0. The number of fused-ring (bicyclic) bond motifs is 1. The summed E-state index contributed by atoms with van der Waals surface area (Å²) in [7, 11) is 0. The molecule has 1 aromatic rings. The molecular formula is C13H13ClO3. The van der Waals surface area contributed by atoms with E-state index < -0.39 is 0 Å². The zero-order valence-corrected chi connectivity index (χ0v) is 10.3. The lowest BCUT2D eigenvalue weighted by molar-refractivity contribution is 0.101. The Hall–Kier alpha value is -1.22. The zero-order valence-electron chi connectivity index (χ0n) is 9.59. The average molecular weight is 253 g/mol. The molecule has 1 aromatic carbocycles. The van der Waals surface area contributed by atoms with Crippen LogP contribution in [0.3, 0.4) is 0 Å². The molecule has 0 bridgehead atoms. The van der Waals surface area contributed by atoms with Crippen LogP contribution in [0, 0.1) is 5.41 Å². The van der Waals surface area contributed by atoms with Gasteiger partial charge in [0.05, 0.1) is 18.2 Å². The van der Waals surface area contributed by atoms with Gasteiger partial charge in [-0.1, -0.05) is 11.6 Å². The quantitative estimate of drug-likeness (QED) is 0.721. The highest BCUT2D eigenvalue weighted by molar-refractivity contribution is 6.32. The first kappa shape index (κ1) is 10.9.